The Kier molecular flexibility index (Phi) is 5.79. The number of hydrogen-bond donors (Lipinski definition) is 1. The lowest BCUT2D eigenvalue weighted by Crippen LogP contribution is -2.32. The summed E-state index contributed by atoms with van der Waals surface area (Å²) >= 11 is 5.90. The Bertz CT molecular complexity index is 662. The molecule has 3 rings (SSSR count). The van der Waals surface area contributed by atoms with Gasteiger partial charge in [0.25, 0.3) is 5.91 Å². The smallest absolute Gasteiger partial charge is 0.317 e. The summed E-state index contributed by atoms with van der Waals surface area (Å²) in [4.78, 5) is 24.3. The van der Waals surface area contributed by atoms with E-state index in [4.69, 9.17) is 16.3 Å². The summed E-state index contributed by atoms with van der Waals surface area (Å²) in [5, 5.41) is 3.47. The highest BCUT2D eigenvalue weighted by atomic mass is 35.5. The van der Waals surface area contributed by atoms with Crippen molar-refractivity contribution in [2.24, 2.45) is 0 Å². The molecule has 0 aromatic heterocycles. The van der Waals surface area contributed by atoms with Crippen molar-refractivity contribution >= 4 is 23.5 Å². The van der Waals surface area contributed by atoms with Gasteiger partial charge in [-0.1, -0.05) is 35.4 Å². The van der Waals surface area contributed by atoms with E-state index < -0.39 is 5.41 Å². The van der Waals surface area contributed by atoms with Gasteiger partial charge in [0.1, 0.15) is 0 Å². The van der Waals surface area contributed by atoms with Gasteiger partial charge in [-0.2, -0.15) is 0 Å². The molecule has 2 aliphatic carbocycles. The van der Waals surface area contributed by atoms with Crippen LogP contribution in [0.5, 0.6) is 0 Å². The summed E-state index contributed by atoms with van der Waals surface area (Å²) < 4.78 is 5.26. The third kappa shape index (κ3) is 4.63. The fraction of sp³-hybridized carbons (Fsp3) is 0.500. The number of carbonyl (C=O) groups is 2. The lowest BCUT2D eigenvalue weighted by Gasteiger charge is -2.15. The first-order valence-electron chi connectivity index (χ1n) is 8.98. The summed E-state index contributed by atoms with van der Waals surface area (Å²) in [6.45, 7) is 0.387. The third-order valence-electron chi connectivity index (χ3n) is 5.03. The zero-order valence-electron chi connectivity index (χ0n) is 14.4. The summed E-state index contributed by atoms with van der Waals surface area (Å²) in [6.07, 6.45) is 9.45. The van der Waals surface area contributed by atoms with Crippen molar-refractivity contribution in [3.8, 4) is 0 Å². The summed E-state index contributed by atoms with van der Waals surface area (Å²) in [5.41, 5.74) is 1.74. The highest BCUT2D eigenvalue weighted by Crippen LogP contribution is 2.49. The van der Waals surface area contributed by atoms with Crippen LogP contribution in [0.25, 0.3) is 0 Å². The molecule has 0 saturated heterocycles. The Balaban J connectivity index is 1.42. The molecule has 4 nitrogen and oxygen atoms in total. The van der Waals surface area contributed by atoms with E-state index in [1.807, 2.05) is 12.1 Å². The van der Waals surface area contributed by atoms with Gasteiger partial charge >= 0.3 is 5.97 Å². The van der Waals surface area contributed by atoms with Crippen LogP contribution in [0.1, 0.15) is 50.5 Å². The minimum atomic E-state index is -0.586. The third-order valence-corrected chi connectivity index (χ3v) is 5.28. The van der Waals surface area contributed by atoms with E-state index in [9.17, 15) is 9.59 Å². The van der Waals surface area contributed by atoms with Gasteiger partial charge < -0.3 is 10.1 Å². The number of esters is 1. The van der Waals surface area contributed by atoms with Crippen LogP contribution in [0.2, 0.25) is 5.02 Å². The summed E-state index contributed by atoms with van der Waals surface area (Å²) in [5.74, 6) is -0.559. The van der Waals surface area contributed by atoms with Crippen LogP contribution < -0.4 is 5.32 Å². The van der Waals surface area contributed by atoms with Crippen LogP contribution in [0.15, 0.2) is 35.9 Å². The van der Waals surface area contributed by atoms with Crippen molar-refractivity contribution < 1.29 is 14.3 Å². The van der Waals surface area contributed by atoms with E-state index in [0.717, 1.165) is 37.7 Å². The molecule has 0 radical (unpaired) electrons. The number of carbonyl (C=O) groups excluding carboxylic acids is 2. The number of allylic oxidation sites excluding steroid dienone is 1. The Morgan fingerprint density at radius 1 is 1.16 bits per heavy atom. The zero-order chi connectivity index (χ0) is 17.7. The van der Waals surface area contributed by atoms with Gasteiger partial charge in [0.05, 0.1) is 5.41 Å². The van der Waals surface area contributed by atoms with Gasteiger partial charge in [-0.3, -0.25) is 9.59 Å². The normalized spacial score (nSPS) is 18.2. The molecule has 134 valence electrons. The van der Waals surface area contributed by atoms with Crippen molar-refractivity contribution in [3.05, 3.63) is 46.5 Å². The molecular formula is C20H24ClNO3. The van der Waals surface area contributed by atoms with Crippen molar-refractivity contribution in [1.29, 1.82) is 0 Å². The van der Waals surface area contributed by atoms with Crippen molar-refractivity contribution in [2.75, 3.05) is 13.2 Å². The second kappa shape index (κ2) is 8.05. The number of rotatable bonds is 7. The SMILES string of the molecule is O=C(COC(=O)C1(c2ccc(Cl)cc2)CC1)NCCC1=CCCCC1. The van der Waals surface area contributed by atoms with E-state index in [1.165, 1.54) is 18.4 Å². The highest BCUT2D eigenvalue weighted by Gasteiger charge is 2.52. The van der Waals surface area contributed by atoms with Crippen LogP contribution in [-0.2, 0) is 19.7 Å². The van der Waals surface area contributed by atoms with E-state index >= 15 is 0 Å². The second-order valence-corrected chi connectivity index (χ2v) is 7.31. The molecule has 1 fully saturated rings. The summed E-state index contributed by atoms with van der Waals surface area (Å²) in [6, 6.07) is 7.26. The Morgan fingerprint density at radius 2 is 1.92 bits per heavy atom. The van der Waals surface area contributed by atoms with Crippen LogP contribution >= 0.6 is 11.6 Å². The first-order chi connectivity index (χ1) is 12.1. The molecule has 1 amide bonds. The molecule has 0 atom stereocenters. The predicted molar refractivity (Wildman–Crippen MR) is 97.5 cm³/mol. The lowest BCUT2D eigenvalue weighted by molar-refractivity contribution is -0.151. The number of hydrogen-bond acceptors (Lipinski definition) is 3. The average molecular weight is 362 g/mol. The molecule has 0 bridgehead atoms. The van der Waals surface area contributed by atoms with Gasteiger partial charge in [0.2, 0.25) is 0 Å². The minimum Gasteiger partial charge on any atom is -0.455 e. The number of halogens is 1. The second-order valence-electron chi connectivity index (χ2n) is 6.87. The fourth-order valence-corrected chi connectivity index (χ4v) is 3.45. The van der Waals surface area contributed by atoms with Crippen molar-refractivity contribution in [3.63, 3.8) is 0 Å². The van der Waals surface area contributed by atoms with Gasteiger partial charge in [0, 0.05) is 11.6 Å². The quantitative estimate of drug-likeness (QED) is 0.591. The minimum absolute atomic E-state index is 0.215. The maximum Gasteiger partial charge on any atom is 0.317 e. The van der Waals surface area contributed by atoms with Crippen LogP contribution in [0.4, 0.5) is 0 Å². The summed E-state index contributed by atoms with van der Waals surface area (Å²) in [7, 11) is 0. The number of benzene rings is 1. The van der Waals surface area contributed by atoms with Gasteiger partial charge in [0.15, 0.2) is 6.61 Å². The molecule has 0 spiro atoms. The zero-order valence-corrected chi connectivity index (χ0v) is 15.1. The monoisotopic (exact) mass is 361 g/mol. The number of ether oxygens (including phenoxy) is 1. The first kappa shape index (κ1) is 18.0. The maximum atomic E-state index is 12.4. The van der Waals surface area contributed by atoms with Crippen molar-refractivity contribution in [2.45, 2.75) is 50.4 Å². The predicted octanol–water partition coefficient (Wildman–Crippen LogP) is 3.92. The molecule has 1 aromatic rings. The molecule has 0 heterocycles. The fourth-order valence-electron chi connectivity index (χ4n) is 3.32. The van der Waals surface area contributed by atoms with Crippen molar-refractivity contribution in [1.82, 2.24) is 5.32 Å². The van der Waals surface area contributed by atoms with Crippen LogP contribution in [0.3, 0.4) is 0 Å². The molecule has 1 saturated carbocycles. The largest absolute Gasteiger partial charge is 0.455 e. The molecule has 1 aromatic carbocycles. The topological polar surface area (TPSA) is 55.4 Å². The molecule has 2 aliphatic rings. The highest BCUT2D eigenvalue weighted by molar-refractivity contribution is 6.30. The first-order valence-corrected chi connectivity index (χ1v) is 9.36. The van der Waals surface area contributed by atoms with E-state index in [2.05, 4.69) is 11.4 Å². The molecular weight excluding hydrogens is 338 g/mol. The molecule has 5 heteroatoms. The Morgan fingerprint density at radius 3 is 2.56 bits per heavy atom. The van der Waals surface area contributed by atoms with Crippen LogP contribution in [-0.4, -0.2) is 25.0 Å². The standard InChI is InChI=1S/C20H24ClNO3/c21-17-8-6-16(7-9-17)20(11-12-20)19(24)25-14-18(23)22-13-10-15-4-2-1-3-5-15/h4,6-9H,1-3,5,10-14H2,(H,22,23). The maximum absolute atomic E-state index is 12.4. The number of nitrogens with one attached hydrogen (secondary N) is 1. The molecule has 25 heavy (non-hydrogen) atoms. The van der Waals surface area contributed by atoms with Gasteiger partial charge in [-0.25, -0.2) is 0 Å². The molecule has 0 unspecified atom stereocenters. The van der Waals surface area contributed by atoms with E-state index in [-0.39, 0.29) is 18.5 Å². The molecule has 0 aliphatic heterocycles. The average Bonchev–Trinajstić information content (AvgIpc) is 3.43. The van der Waals surface area contributed by atoms with E-state index in [1.54, 1.807) is 12.1 Å². The van der Waals surface area contributed by atoms with E-state index in [0.29, 0.717) is 11.6 Å². The van der Waals surface area contributed by atoms with Crippen LogP contribution in [0, 0.1) is 0 Å². The van der Waals surface area contributed by atoms with Gasteiger partial charge in [-0.15, -0.1) is 0 Å². The Hall–Kier alpha value is -1.81. The lowest BCUT2D eigenvalue weighted by atomic mass is 9.96. The number of amides is 1. The van der Waals surface area contributed by atoms with Gasteiger partial charge in [-0.05, 0) is 62.6 Å². The Labute approximate surface area is 153 Å². The molecule has 1 N–H and O–H groups in total.